The van der Waals surface area contributed by atoms with E-state index in [1.54, 1.807) is 0 Å². The summed E-state index contributed by atoms with van der Waals surface area (Å²) >= 11 is 12.6. The number of anilines is 1. The highest BCUT2D eigenvalue weighted by Crippen LogP contribution is 2.48. The van der Waals surface area contributed by atoms with E-state index in [0.29, 0.717) is 16.8 Å². The highest BCUT2D eigenvalue weighted by molar-refractivity contribution is 6.52. The van der Waals surface area contributed by atoms with Crippen molar-refractivity contribution in [2.75, 3.05) is 19.1 Å². The predicted octanol–water partition coefficient (Wildman–Crippen LogP) is 5.65. The van der Waals surface area contributed by atoms with Crippen LogP contribution in [0.2, 0.25) is 10.0 Å². The molecule has 1 fully saturated rings. The van der Waals surface area contributed by atoms with Gasteiger partial charge in [-0.1, -0.05) is 35.3 Å². The van der Waals surface area contributed by atoms with Crippen LogP contribution >= 0.6 is 23.2 Å². The zero-order valence-corrected chi connectivity index (χ0v) is 20.4. The van der Waals surface area contributed by atoms with Crippen molar-refractivity contribution in [2.45, 2.75) is 6.04 Å². The second kappa shape index (κ2) is 9.90. The summed E-state index contributed by atoms with van der Waals surface area (Å²) in [5, 5.41) is 20.5. The zero-order chi connectivity index (χ0) is 26.1. The molecule has 1 saturated heterocycles. The minimum atomic E-state index is -1.14. The Balaban J connectivity index is 2.00. The summed E-state index contributed by atoms with van der Waals surface area (Å²) in [6.45, 7) is 0. The largest absolute Gasteiger partial charge is 0.507 e. The fourth-order valence-corrected chi connectivity index (χ4v) is 4.73. The first kappa shape index (κ1) is 25.0. The smallest absolute Gasteiger partial charge is 0.300 e. The number of nitrogens with zero attached hydrogens (tertiary/aromatic N) is 2. The van der Waals surface area contributed by atoms with Gasteiger partial charge >= 0.3 is 0 Å². The van der Waals surface area contributed by atoms with Crippen molar-refractivity contribution in [3.05, 3.63) is 92.7 Å². The van der Waals surface area contributed by atoms with Crippen molar-refractivity contribution in [1.29, 1.82) is 5.26 Å². The predicted molar refractivity (Wildman–Crippen MR) is 132 cm³/mol. The first-order chi connectivity index (χ1) is 17.2. The van der Waals surface area contributed by atoms with Gasteiger partial charge in [0.2, 0.25) is 0 Å². The van der Waals surface area contributed by atoms with Crippen LogP contribution in [0.4, 0.5) is 10.1 Å². The molecule has 36 heavy (non-hydrogen) atoms. The van der Waals surface area contributed by atoms with Gasteiger partial charge in [0, 0.05) is 5.69 Å². The van der Waals surface area contributed by atoms with E-state index in [2.05, 4.69) is 0 Å². The molecule has 1 aliphatic rings. The van der Waals surface area contributed by atoms with E-state index < -0.39 is 29.3 Å². The Hall–Kier alpha value is -4.06. The first-order valence-corrected chi connectivity index (χ1v) is 11.2. The third-order valence-corrected chi connectivity index (χ3v) is 6.32. The first-order valence-electron chi connectivity index (χ1n) is 10.4. The minimum Gasteiger partial charge on any atom is -0.507 e. The van der Waals surface area contributed by atoms with Crippen molar-refractivity contribution >= 4 is 46.3 Å². The molecule has 0 saturated carbocycles. The summed E-state index contributed by atoms with van der Waals surface area (Å²) in [5.41, 5.74) is 0.666. The minimum absolute atomic E-state index is 0.0298. The van der Waals surface area contributed by atoms with E-state index in [4.69, 9.17) is 37.9 Å². The van der Waals surface area contributed by atoms with E-state index in [0.717, 1.165) is 0 Å². The lowest BCUT2D eigenvalue weighted by molar-refractivity contribution is -0.132. The van der Waals surface area contributed by atoms with Crippen LogP contribution in [-0.2, 0) is 9.59 Å². The van der Waals surface area contributed by atoms with Gasteiger partial charge < -0.3 is 14.6 Å². The summed E-state index contributed by atoms with van der Waals surface area (Å²) in [5.74, 6) is -2.97. The average Bonchev–Trinajstić information content (AvgIpc) is 3.14. The second-order valence-electron chi connectivity index (χ2n) is 7.67. The fourth-order valence-electron chi connectivity index (χ4n) is 4.05. The third-order valence-electron chi connectivity index (χ3n) is 5.70. The maximum absolute atomic E-state index is 13.7. The average molecular weight is 527 g/mol. The molecule has 3 aromatic carbocycles. The molecular weight excluding hydrogens is 510 g/mol. The molecule has 0 bridgehead atoms. The number of ether oxygens (including phenoxy) is 2. The fraction of sp³-hybridized carbons (Fsp3) is 0.115. The van der Waals surface area contributed by atoms with Gasteiger partial charge in [0.15, 0.2) is 11.5 Å². The molecule has 1 heterocycles. The third kappa shape index (κ3) is 4.13. The summed E-state index contributed by atoms with van der Waals surface area (Å²) < 4.78 is 24.3. The Morgan fingerprint density at radius 1 is 1.03 bits per heavy atom. The van der Waals surface area contributed by atoms with Gasteiger partial charge in [0.1, 0.15) is 16.6 Å². The maximum atomic E-state index is 13.7. The van der Waals surface area contributed by atoms with Gasteiger partial charge in [-0.3, -0.25) is 14.5 Å². The van der Waals surface area contributed by atoms with Crippen LogP contribution in [0.25, 0.3) is 5.76 Å². The number of aliphatic hydroxyl groups is 1. The van der Waals surface area contributed by atoms with Crippen molar-refractivity contribution in [3.63, 3.8) is 0 Å². The number of amides is 1. The van der Waals surface area contributed by atoms with Crippen LogP contribution in [0.5, 0.6) is 11.5 Å². The van der Waals surface area contributed by atoms with Gasteiger partial charge in [0.05, 0.1) is 48.1 Å². The quantitative estimate of drug-likeness (QED) is 0.262. The Morgan fingerprint density at radius 3 is 2.19 bits per heavy atom. The summed E-state index contributed by atoms with van der Waals surface area (Å²) in [6.07, 6.45) is 0. The van der Waals surface area contributed by atoms with E-state index >= 15 is 0 Å². The van der Waals surface area contributed by atoms with Crippen LogP contribution in [0.1, 0.15) is 22.7 Å². The molecule has 0 aliphatic carbocycles. The molecule has 1 aliphatic heterocycles. The van der Waals surface area contributed by atoms with Crippen molar-refractivity contribution < 1.29 is 28.6 Å². The lowest BCUT2D eigenvalue weighted by Gasteiger charge is -2.25. The second-order valence-corrected chi connectivity index (χ2v) is 8.45. The molecule has 182 valence electrons. The van der Waals surface area contributed by atoms with Gasteiger partial charge in [-0.15, -0.1) is 0 Å². The van der Waals surface area contributed by atoms with E-state index in [9.17, 15) is 19.1 Å². The Kier molecular flexibility index (Phi) is 6.88. The van der Waals surface area contributed by atoms with Crippen LogP contribution in [-0.4, -0.2) is 31.0 Å². The van der Waals surface area contributed by atoms with Crippen LogP contribution in [0, 0.1) is 17.1 Å². The van der Waals surface area contributed by atoms with Gasteiger partial charge in [-0.25, -0.2) is 4.39 Å². The highest BCUT2D eigenvalue weighted by atomic mass is 35.5. The number of carbonyl (C=O) groups excluding carboxylic acids is 2. The van der Waals surface area contributed by atoms with Crippen molar-refractivity contribution in [2.24, 2.45) is 0 Å². The molecule has 1 amide bonds. The Morgan fingerprint density at radius 2 is 1.64 bits per heavy atom. The van der Waals surface area contributed by atoms with Crippen molar-refractivity contribution in [1.82, 2.24) is 0 Å². The molecule has 3 aromatic rings. The van der Waals surface area contributed by atoms with Crippen molar-refractivity contribution in [3.8, 4) is 17.6 Å². The molecule has 7 nitrogen and oxygen atoms in total. The number of hydrogen-bond acceptors (Lipinski definition) is 6. The Bertz CT molecular complexity index is 1450. The molecular formula is C26H17Cl2FN2O5. The van der Waals surface area contributed by atoms with Gasteiger partial charge in [-0.05, 0) is 48.0 Å². The number of hydrogen-bond donors (Lipinski definition) is 1. The van der Waals surface area contributed by atoms with Gasteiger partial charge in [-0.2, -0.15) is 5.26 Å². The van der Waals surface area contributed by atoms with E-state index in [-0.39, 0.29) is 32.7 Å². The standard InChI is InChI=1S/C26H17Cl2FN2O5/c1-35-24-17(11-18(27)25(36-2)20(24)28)22(32)19-21(14-5-7-15(29)8-6-14)31(26(34)23(19)33)16-9-3-13(12-30)4-10-16/h3-11,21,32H,1-2H3/b22-19+. The molecule has 0 aromatic heterocycles. The normalized spacial score (nSPS) is 16.7. The van der Waals surface area contributed by atoms with Crippen LogP contribution < -0.4 is 14.4 Å². The summed E-state index contributed by atoms with van der Waals surface area (Å²) in [4.78, 5) is 27.7. The zero-order valence-electron chi connectivity index (χ0n) is 18.9. The SMILES string of the molecule is COc1c(Cl)cc(/C(O)=C2\C(=O)C(=O)N(c3ccc(C#N)cc3)C2c2ccc(F)cc2)c(OC)c1Cl. The molecule has 1 N–H and O–H groups in total. The number of nitriles is 1. The molecule has 1 unspecified atom stereocenters. The number of rotatable bonds is 5. The molecule has 0 spiro atoms. The van der Waals surface area contributed by atoms with Crippen LogP contribution in [0.3, 0.4) is 0 Å². The number of benzene rings is 3. The van der Waals surface area contributed by atoms with E-state index in [1.165, 1.54) is 73.7 Å². The number of Topliss-reactive ketones (excluding diaryl/α,β-unsaturated/α-hetero) is 1. The maximum Gasteiger partial charge on any atom is 0.300 e. The van der Waals surface area contributed by atoms with Gasteiger partial charge in [0.25, 0.3) is 11.7 Å². The molecule has 10 heteroatoms. The number of methoxy groups -OCH3 is 2. The topological polar surface area (TPSA) is 99.9 Å². The molecule has 4 rings (SSSR count). The summed E-state index contributed by atoms with van der Waals surface area (Å²) in [7, 11) is 2.65. The number of ketones is 1. The molecule has 0 radical (unpaired) electrons. The summed E-state index contributed by atoms with van der Waals surface area (Å²) in [6, 6.07) is 13.3. The highest BCUT2D eigenvalue weighted by Gasteiger charge is 2.47. The monoisotopic (exact) mass is 526 g/mol. The Labute approximate surface area is 215 Å². The number of carbonyl (C=O) groups is 2. The van der Waals surface area contributed by atoms with E-state index in [1.807, 2.05) is 6.07 Å². The van der Waals surface area contributed by atoms with Crippen LogP contribution in [0.15, 0.2) is 60.2 Å². The number of aliphatic hydroxyl groups excluding tert-OH is 1. The lowest BCUT2D eigenvalue weighted by Crippen LogP contribution is -2.29. The molecule has 1 atom stereocenters. The lowest BCUT2D eigenvalue weighted by atomic mass is 9.94. The number of halogens is 3.